The Kier molecular flexibility index (Phi) is 16.2. The number of aromatic nitrogens is 1. The first-order chi connectivity index (χ1) is 28.3. The number of benzene rings is 4. The van der Waals surface area contributed by atoms with Crippen LogP contribution in [0, 0.1) is 0 Å². The van der Waals surface area contributed by atoms with E-state index >= 15 is 0 Å². The summed E-state index contributed by atoms with van der Waals surface area (Å²) in [4.78, 5) is 51.5. The van der Waals surface area contributed by atoms with Gasteiger partial charge in [-0.25, -0.2) is 19.2 Å². The number of hydrogen-bond donors (Lipinski definition) is 2. The normalized spacial score (nSPS) is 10.8. The van der Waals surface area contributed by atoms with Gasteiger partial charge in [-0.2, -0.15) is 5.10 Å². The monoisotopic (exact) mass is 787 g/mol. The molecule has 1 aromatic heterocycles. The Morgan fingerprint density at radius 2 is 1.22 bits per heavy atom. The molecule has 58 heavy (non-hydrogen) atoms. The quantitative estimate of drug-likeness (QED) is 0.0125. The highest BCUT2D eigenvalue weighted by molar-refractivity contribution is 5.94. The number of carbonyl (C=O) groups is 4. The van der Waals surface area contributed by atoms with Crippen molar-refractivity contribution in [2.45, 2.75) is 32.1 Å². The summed E-state index contributed by atoms with van der Waals surface area (Å²) in [6.07, 6.45) is 6.86. The number of nitrogens with one attached hydrogen (secondary N) is 2. The summed E-state index contributed by atoms with van der Waals surface area (Å²) in [7, 11) is 0. The van der Waals surface area contributed by atoms with Crippen molar-refractivity contribution < 1.29 is 47.6 Å². The van der Waals surface area contributed by atoms with Gasteiger partial charge in [0.2, 0.25) is 0 Å². The second-order valence-corrected chi connectivity index (χ2v) is 12.7. The molecule has 5 rings (SSSR count). The second-order valence-electron chi connectivity index (χ2n) is 12.7. The van der Waals surface area contributed by atoms with Gasteiger partial charge < -0.3 is 33.4 Å². The van der Waals surface area contributed by atoms with Gasteiger partial charge >= 0.3 is 23.9 Å². The molecule has 0 aliphatic rings. The number of hydrogen-bond acceptors (Lipinski definition) is 12. The summed E-state index contributed by atoms with van der Waals surface area (Å²) in [5.41, 5.74) is 6.00. The number of hydrazone groups is 1. The summed E-state index contributed by atoms with van der Waals surface area (Å²) >= 11 is 0. The molecular formula is C45H45N3O10. The number of unbranched alkanes of at least 4 members (excludes halogenated alkanes) is 2. The summed E-state index contributed by atoms with van der Waals surface area (Å²) in [6, 6.07) is 28.3. The van der Waals surface area contributed by atoms with E-state index < -0.39 is 23.9 Å². The topological polar surface area (TPSA) is 164 Å². The third-order valence-electron chi connectivity index (χ3n) is 8.44. The van der Waals surface area contributed by atoms with Gasteiger partial charge in [0.05, 0.1) is 50.4 Å². The van der Waals surface area contributed by atoms with Gasteiger partial charge in [0.1, 0.15) is 23.1 Å². The molecular weight excluding hydrogens is 743 g/mol. The molecule has 300 valence electrons. The number of aromatic amines is 1. The molecule has 2 N–H and O–H groups in total. The lowest BCUT2D eigenvalue weighted by Crippen LogP contribution is -2.11. The fourth-order valence-electron chi connectivity index (χ4n) is 5.38. The molecule has 4 aromatic carbocycles. The van der Waals surface area contributed by atoms with E-state index in [-0.39, 0.29) is 19.0 Å². The molecule has 0 saturated carbocycles. The predicted molar refractivity (Wildman–Crippen MR) is 220 cm³/mol. The Morgan fingerprint density at radius 1 is 0.638 bits per heavy atom. The fraction of sp³-hybridized carbons (Fsp3) is 0.222. The van der Waals surface area contributed by atoms with Gasteiger partial charge in [0.25, 0.3) is 0 Å². The molecule has 0 fully saturated rings. The van der Waals surface area contributed by atoms with E-state index in [1.807, 2.05) is 36.4 Å². The van der Waals surface area contributed by atoms with E-state index in [0.717, 1.165) is 28.6 Å². The Morgan fingerprint density at radius 3 is 1.83 bits per heavy atom. The van der Waals surface area contributed by atoms with E-state index in [1.54, 1.807) is 66.9 Å². The average molecular weight is 788 g/mol. The van der Waals surface area contributed by atoms with Gasteiger partial charge in [-0.3, -0.25) is 5.43 Å². The first kappa shape index (κ1) is 42.0. The molecule has 0 spiro atoms. The SMILES string of the molecule is C=CC(=O)OCCCCOc1ccc(C(=O)OCCc2ccc(OC(=O)c3ccc(OCCCCOC(=O)C=C)cc3)c(/C=N/Nc3cc4ccccc4[nH]3)c2)cc1. The molecule has 0 bridgehead atoms. The van der Waals surface area contributed by atoms with E-state index in [1.165, 1.54) is 0 Å². The number of para-hydroxylation sites is 1. The molecule has 5 aromatic rings. The average Bonchev–Trinajstić information content (AvgIpc) is 3.67. The summed E-state index contributed by atoms with van der Waals surface area (Å²) < 4.78 is 32.7. The van der Waals surface area contributed by atoms with Crippen molar-refractivity contribution >= 4 is 46.8 Å². The summed E-state index contributed by atoms with van der Waals surface area (Å²) in [6.45, 7) is 8.26. The maximum absolute atomic E-state index is 13.2. The van der Waals surface area contributed by atoms with Crippen molar-refractivity contribution in [3.63, 3.8) is 0 Å². The predicted octanol–water partition coefficient (Wildman–Crippen LogP) is 8.01. The van der Waals surface area contributed by atoms with Crippen molar-refractivity contribution in [3.05, 3.63) is 145 Å². The number of carbonyl (C=O) groups excluding carboxylic acids is 4. The van der Waals surface area contributed by atoms with Crippen LogP contribution < -0.4 is 19.6 Å². The lowest BCUT2D eigenvalue weighted by atomic mass is 10.1. The summed E-state index contributed by atoms with van der Waals surface area (Å²) in [5.74, 6) is 0.195. The van der Waals surface area contributed by atoms with Crippen molar-refractivity contribution in [3.8, 4) is 17.2 Å². The third kappa shape index (κ3) is 13.6. The first-order valence-corrected chi connectivity index (χ1v) is 18.7. The van der Waals surface area contributed by atoms with E-state index in [4.69, 9.17) is 28.4 Å². The Labute approximate surface area is 336 Å². The van der Waals surface area contributed by atoms with Gasteiger partial charge in [0, 0.05) is 35.0 Å². The molecule has 13 nitrogen and oxygen atoms in total. The molecule has 0 aliphatic heterocycles. The van der Waals surface area contributed by atoms with Crippen molar-refractivity contribution in [1.82, 2.24) is 4.98 Å². The highest BCUT2D eigenvalue weighted by Crippen LogP contribution is 2.23. The summed E-state index contributed by atoms with van der Waals surface area (Å²) in [5, 5.41) is 5.42. The van der Waals surface area contributed by atoms with Crippen LogP contribution in [0.1, 0.15) is 57.5 Å². The van der Waals surface area contributed by atoms with E-state index in [9.17, 15) is 19.2 Å². The van der Waals surface area contributed by atoms with Gasteiger partial charge in [-0.1, -0.05) is 37.4 Å². The molecule has 0 unspecified atom stereocenters. The zero-order valence-electron chi connectivity index (χ0n) is 32.0. The Bertz CT molecular complexity index is 2160. The smallest absolute Gasteiger partial charge is 0.343 e. The maximum Gasteiger partial charge on any atom is 0.343 e. The number of H-pyrrole nitrogens is 1. The minimum atomic E-state index is -0.571. The van der Waals surface area contributed by atoms with E-state index in [0.29, 0.717) is 85.9 Å². The van der Waals surface area contributed by atoms with E-state index in [2.05, 4.69) is 28.7 Å². The number of esters is 4. The van der Waals surface area contributed by atoms with Crippen LogP contribution in [0.25, 0.3) is 10.9 Å². The van der Waals surface area contributed by atoms with Crippen LogP contribution >= 0.6 is 0 Å². The highest BCUT2D eigenvalue weighted by atomic mass is 16.5. The van der Waals surface area contributed by atoms with Crippen LogP contribution in [0.3, 0.4) is 0 Å². The fourth-order valence-corrected chi connectivity index (χ4v) is 5.38. The molecule has 0 atom stereocenters. The van der Waals surface area contributed by atoms with Crippen LogP contribution in [0.15, 0.2) is 127 Å². The lowest BCUT2D eigenvalue weighted by Gasteiger charge is -2.11. The molecule has 0 radical (unpaired) electrons. The minimum absolute atomic E-state index is 0.105. The van der Waals surface area contributed by atoms with Gasteiger partial charge in [0.15, 0.2) is 0 Å². The molecule has 13 heteroatoms. The third-order valence-corrected chi connectivity index (χ3v) is 8.44. The largest absolute Gasteiger partial charge is 0.494 e. The van der Waals surface area contributed by atoms with Crippen LogP contribution in [-0.2, 0) is 30.2 Å². The minimum Gasteiger partial charge on any atom is -0.494 e. The number of rotatable bonds is 23. The number of anilines is 1. The molecule has 0 aliphatic carbocycles. The van der Waals surface area contributed by atoms with Crippen molar-refractivity contribution in [1.29, 1.82) is 0 Å². The maximum atomic E-state index is 13.2. The van der Waals surface area contributed by atoms with Crippen molar-refractivity contribution in [2.24, 2.45) is 5.10 Å². The number of fused-ring (bicyclic) bond motifs is 1. The molecule has 1 heterocycles. The van der Waals surface area contributed by atoms with Crippen LogP contribution in [0.5, 0.6) is 17.2 Å². The van der Waals surface area contributed by atoms with Gasteiger partial charge in [-0.05, 0) is 104 Å². The first-order valence-electron chi connectivity index (χ1n) is 18.7. The standard InChI is InChI=1S/C45H45N3O10/c1-3-42(49)55-26-9-7-24-53-37-18-14-33(15-19-37)44(51)57-28-23-32-13-22-40(36(29-32)31-46-48-41-30-35-11-5-6-12-39(35)47-41)58-45(52)34-16-20-38(21-17-34)54-25-8-10-27-56-43(50)4-2/h3-6,11-22,29-31,47-48H,1-2,7-10,23-28H2/b46-31+. The zero-order valence-corrected chi connectivity index (χ0v) is 32.0. The molecule has 0 amide bonds. The zero-order chi connectivity index (χ0) is 41.0. The van der Waals surface area contributed by atoms with Gasteiger partial charge in [-0.15, -0.1) is 0 Å². The molecule has 0 saturated heterocycles. The number of ether oxygens (including phenoxy) is 6. The lowest BCUT2D eigenvalue weighted by molar-refractivity contribution is -0.138. The number of nitrogens with zero attached hydrogens (tertiary/aromatic N) is 1. The highest BCUT2D eigenvalue weighted by Gasteiger charge is 2.14. The second kappa shape index (κ2) is 22.4. The van der Waals surface area contributed by atoms with Crippen LogP contribution in [0.2, 0.25) is 0 Å². The van der Waals surface area contributed by atoms with Crippen LogP contribution in [-0.4, -0.2) is 68.1 Å². The van der Waals surface area contributed by atoms with Crippen LogP contribution in [0.4, 0.5) is 5.82 Å². The van der Waals surface area contributed by atoms with Crippen molar-refractivity contribution in [2.75, 3.05) is 38.5 Å². The Hall–Kier alpha value is -7.15. The Balaban J connectivity index is 1.15.